The highest BCUT2D eigenvalue weighted by Crippen LogP contribution is 2.49. The van der Waals surface area contributed by atoms with Crippen LogP contribution in [0, 0.1) is 17.8 Å². The van der Waals surface area contributed by atoms with E-state index >= 15 is 0 Å². The minimum absolute atomic E-state index is 0.0859. The van der Waals surface area contributed by atoms with Crippen molar-refractivity contribution in [3.8, 4) is 5.75 Å². The molecule has 3 rings (SSSR count). The summed E-state index contributed by atoms with van der Waals surface area (Å²) in [6.45, 7) is 7.79. The Balaban J connectivity index is 1.39. The van der Waals surface area contributed by atoms with Gasteiger partial charge in [0.2, 0.25) is 0 Å². The topological polar surface area (TPSA) is 88.1 Å². The Morgan fingerprint density at radius 2 is 1.36 bits per heavy atom. The summed E-state index contributed by atoms with van der Waals surface area (Å²) in [5.74, 6) is 0.927. The van der Waals surface area contributed by atoms with Gasteiger partial charge in [-0.05, 0) is 86.3 Å². The fourth-order valence-corrected chi connectivity index (χ4v) is 8.42. The van der Waals surface area contributed by atoms with E-state index in [1.807, 2.05) is 12.1 Å². The molecule has 2 aliphatic rings. The van der Waals surface area contributed by atoms with Gasteiger partial charge in [0, 0.05) is 13.8 Å². The molecule has 284 valence electrons. The second-order valence-electron chi connectivity index (χ2n) is 15.2. The van der Waals surface area contributed by atoms with E-state index in [-0.39, 0.29) is 42.6 Å². The molecule has 0 N–H and O–H groups in total. The van der Waals surface area contributed by atoms with E-state index in [1.165, 1.54) is 96.5 Å². The summed E-state index contributed by atoms with van der Waals surface area (Å²) >= 11 is 0. The van der Waals surface area contributed by atoms with Gasteiger partial charge < -0.3 is 18.9 Å². The van der Waals surface area contributed by atoms with Crippen molar-refractivity contribution in [1.29, 1.82) is 0 Å². The molecule has 5 atom stereocenters. The molecule has 50 heavy (non-hydrogen) atoms. The van der Waals surface area contributed by atoms with E-state index in [2.05, 4.69) is 19.9 Å². The summed E-state index contributed by atoms with van der Waals surface area (Å²) in [7, 11) is 0. The Morgan fingerprint density at radius 1 is 0.740 bits per heavy atom. The number of ether oxygens (including phenoxy) is 4. The molecular weight excluding hydrogens is 628 g/mol. The van der Waals surface area contributed by atoms with Crippen molar-refractivity contribution in [2.45, 2.75) is 188 Å². The van der Waals surface area contributed by atoms with Gasteiger partial charge in [-0.2, -0.15) is 0 Å². The molecule has 0 radical (unpaired) electrons. The van der Waals surface area contributed by atoms with E-state index in [4.69, 9.17) is 18.9 Å². The minimum Gasteiger partial charge on any atom is -0.482 e. The van der Waals surface area contributed by atoms with Gasteiger partial charge in [0.1, 0.15) is 18.0 Å². The molecule has 1 fully saturated rings. The normalized spacial score (nSPS) is 20.1. The van der Waals surface area contributed by atoms with Crippen LogP contribution in [0.4, 0.5) is 0 Å². The third kappa shape index (κ3) is 15.8. The van der Waals surface area contributed by atoms with Crippen molar-refractivity contribution in [3.63, 3.8) is 0 Å². The van der Waals surface area contributed by atoms with Gasteiger partial charge in [-0.15, -0.1) is 0 Å². The zero-order chi connectivity index (χ0) is 36.0. The van der Waals surface area contributed by atoms with Crippen LogP contribution >= 0.6 is 0 Å². The van der Waals surface area contributed by atoms with E-state index in [0.29, 0.717) is 18.4 Å². The number of carbonyl (C=O) groups is 3. The van der Waals surface area contributed by atoms with Gasteiger partial charge in [0.15, 0.2) is 6.61 Å². The van der Waals surface area contributed by atoms with Crippen molar-refractivity contribution in [1.82, 2.24) is 0 Å². The molecule has 0 heterocycles. The lowest BCUT2D eigenvalue weighted by Gasteiger charge is -2.33. The predicted molar refractivity (Wildman–Crippen MR) is 200 cm³/mol. The monoisotopic (exact) mass is 699 g/mol. The van der Waals surface area contributed by atoms with Gasteiger partial charge in [0.25, 0.3) is 0 Å². The molecule has 0 aliphatic heterocycles. The number of hydrogen-bond acceptors (Lipinski definition) is 7. The fraction of sp³-hybridized carbons (Fsp3) is 0.791. The van der Waals surface area contributed by atoms with E-state index < -0.39 is 0 Å². The maximum absolute atomic E-state index is 12.5. The molecule has 2 aliphatic carbocycles. The van der Waals surface area contributed by atoms with Crippen LogP contribution in [0.2, 0.25) is 0 Å². The molecule has 0 bridgehead atoms. The first kappa shape index (κ1) is 41.8. The molecule has 1 unspecified atom stereocenters. The maximum atomic E-state index is 12.5. The highest BCUT2D eigenvalue weighted by Gasteiger charge is 2.47. The number of fused-ring (bicyclic) bond motifs is 2. The Morgan fingerprint density at radius 3 is 1.98 bits per heavy atom. The lowest BCUT2D eigenvalue weighted by Crippen LogP contribution is -2.30. The largest absolute Gasteiger partial charge is 0.482 e. The zero-order valence-electron chi connectivity index (χ0n) is 32.2. The van der Waals surface area contributed by atoms with E-state index in [1.54, 1.807) is 0 Å². The van der Waals surface area contributed by atoms with Crippen LogP contribution in [0.15, 0.2) is 18.2 Å². The summed E-state index contributed by atoms with van der Waals surface area (Å²) < 4.78 is 23.2. The Hall–Kier alpha value is -2.57. The summed E-state index contributed by atoms with van der Waals surface area (Å²) in [5, 5.41) is 0. The lowest BCUT2D eigenvalue weighted by atomic mass is 9.73. The summed E-state index contributed by atoms with van der Waals surface area (Å²) in [6.07, 6.45) is 26.3. The highest BCUT2D eigenvalue weighted by molar-refractivity contribution is 5.71. The Labute approximate surface area is 304 Å². The highest BCUT2D eigenvalue weighted by atomic mass is 16.6. The Bertz CT molecular complexity index is 1120. The van der Waals surface area contributed by atoms with Crippen LogP contribution in [0.3, 0.4) is 0 Å². The molecule has 1 saturated carbocycles. The predicted octanol–water partition coefficient (Wildman–Crippen LogP) is 10.7. The first-order chi connectivity index (χ1) is 24.3. The maximum Gasteiger partial charge on any atom is 0.344 e. The summed E-state index contributed by atoms with van der Waals surface area (Å²) in [4.78, 5) is 36.5. The molecule has 0 saturated heterocycles. The quantitative estimate of drug-likeness (QED) is 0.0513. The number of hydrogen-bond donors (Lipinski definition) is 0. The van der Waals surface area contributed by atoms with Crippen molar-refractivity contribution in [2.24, 2.45) is 17.8 Å². The average molecular weight is 699 g/mol. The molecular formula is C43H70O7. The Kier molecular flexibility index (Phi) is 20.6. The number of carbonyl (C=O) groups excluding carboxylic acids is 3. The molecule has 0 amide bonds. The smallest absolute Gasteiger partial charge is 0.344 e. The van der Waals surface area contributed by atoms with E-state index in [9.17, 15) is 14.4 Å². The third-order valence-corrected chi connectivity index (χ3v) is 11.0. The minimum atomic E-state index is -0.317. The van der Waals surface area contributed by atoms with Crippen molar-refractivity contribution >= 4 is 17.9 Å². The number of benzene rings is 1. The summed E-state index contributed by atoms with van der Waals surface area (Å²) in [6, 6.07) is 6.12. The van der Waals surface area contributed by atoms with Gasteiger partial charge in [-0.25, -0.2) is 4.79 Å². The molecule has 1 aromatic carbocycles. The van der Waals surface area contributed by atoms with Crippen molar-refractivity contribution in [3.05, 3.63) is 29.3 Å². The molecule has 0 aromatic heterocycles. The molecule has 7 nitrogen and oxygen atoms in total. The second kappa shape index (κ2) is 24.6. The zero-order valence-corrected chi connectivity index (χ0v) is 32.2. The molecule has 7 heteroatoms. The van der Waals surface area contributed by atoms with Crippen LogP contribution in [-0.4, -0.2) is 43.3 Å². The van der Waals surface area contributed by atoms with Crippen LogP contribution < -0.4 is 4.74 Å². The number of unbranched alkanes of at least 4 members (excludes halogenated alkanes) is 15. The van der Waals surface area contributed by atoms with Crippen LogP contribution in [-0.2, 0) is 41.4 Å². The number of rotatable bonds is 27. The molecule has 1 aromatic rings. The average Bonchev–Trinajstić information content (AvgIpc) is 3.41. The van der Waals surface area contributed by atoms with Gasteiger partial charge in [0.05, 0.1) is 6.61 Å². The molecule has 0 spiro atoms. The van der Waals surface area contributed by atoms with E-state index in [0.717, 1.165) is 81.9 Å². The van der Waals surface area contributed by atoms with Crippen LogP contribution in [0.25, 0.3) is 0 Å². The van der Waals surface area contributed by atoms with Gasteiger partial charge in [-0.1, -0.05) is 122 Å². The van der Waals surface area contributed by atoms with Crippen molar-refractivity contribution in [2.75, 3.05) is 13.2 Å². The summed E-state index contributed by atoms with van der Waals surface area (Å²) in [5.41, 5.74) is 2.40. The third-order valence-electron chi connectivity index (χ3n) is 11.0. The fourth-order valence-electron chi connectivity index (χ4n) is 8.42. The first-order valence-corrected chi connectivity index (χ1v) is 20.6. The van der Waals surface area contributed by atoms with Gasteiger partial charge in [-0.3, -0.25) is 9.59 Å². The second-order valence-corrected chi connectivity index (χ2v) is 15.2. The lowest BCUT2D eigenvalue weighted by molar-refractivity contribution is -0.149. The van der Waals surface area contributed by atoms with Gasteiger partial charge >= 0.3 is 17.9 Å². The first-order valence-electron chi connectivity index (χ1n) is 20.6. The van der Waals surface area contributed by atoms with Crippen molar-refractivity contribution < 1.29 is 33.3 Å². The SMILES string of the molecule is CCCCCCCCCCCCCCCCOC(=O)COc1cccc2c1C[C@H]1C[C@@H](OC(C)=O)C(CC[C@H](CCCCC)OC(C)=O)[C@H]1C2. The number of esters is 3. The standard InChI is InChI=1S/C43H70O7/c1-5-7-9-10-11-12-13-14-15-16-17-18-19-21-28-47-43(46)32-48-41-25-22-23-35-29-39-36(30-40(35)41)31-42(50-34(4)45)38(39)27-26-37(49-33(3)44)24-20-8-6-2/h22-23,25,36-39,42H,5-21,24,26-32H2,1-4H3/t36-,37-,38?,39-,42+/m0/s1. The van der Waals surface area contributed by atoms with Crippen LogP contribution in [0.5, 0.6) is 5.75 Å². The van der Waals surface area contributed by atoms with Crippen LogP contribution in [0.1, 0.15) is 174 Å².